The third-order valence-corrected chi connectivity index (χ3v) is 2.17. The maximum absolute atomic E-state index is 11.3. The smallest absolute Gasteiger partial charge is 0.407 e. The summed E-state index contributed by atoms with van der Waals surface area (Å²) in [5.74, 6) is 0.636. The maximum atomic E-state index is 11.3. The summed E-state index contributed by atoms with van der Waals surface area (Å²) < 4.78 is 4.69. The Bertz CT molecular complexity index is 230. The topological polar surface area (TPSA) is 67.4 Å². The average Bonchev–Trinajstić information content (AvgIpc) is 2.24. The molecule has 0 heterocycles. The quantitative estimate of drug-likeness (QED) is 0.638. The molecule has 0 aromatic heterocycles. The molecule has 0 fully saturated rings. The molecule has 0 aliphatic carbocycles. The summed E-state index contributed by atoms with van der Waals surface area (Å²) in [4.78, 5) is 22.2. The summed E-state index contributed by atoms with van der Waals surface area (Å²) >= 11 is 0. The number of hydrogen-bond donors (Lipinski definition) is 2. The molecule has 2 N–H and O–H groups in total. The number of amides is 2. The Morgan fingerprint density at radius 3 is 2.47 bits per heavy atom. The first-order valence-corrected chi connectivity index (χ1v) is 6.23. The Hall–Kier alpha value is -1.26. The van der Waals surface area contributed by atoms with Gasteiger partial charge in [0.15, 0.2) is 0 Å². The first-order chi connectivity index (χ1) is 8.06. The number of nitrogens with one attached hydrogen (secondary N) is 2. The minimum absolute atomic E-state index is 0.0382. The van der Waals surface area contributed by atoms with Crippen LogP contribution in [0.25, 0.3) is 0 Å². The van der Waals surface area contributed by atoms with Gasteiger partial charge in [0, 0.05) is 19.5 Å². The molecule has 0 saturated heterocycles. The van der Waals surface area contributed by atoms with Crippen LogP contribution in [0.2, 0.25) is 0 Å². The van der Waals surface area contributed by atoms with Crippen LogP contribution in [0.15, 0.2) is 0 Å². The second kappa shape index (κ2) is 9.93. The lowest BCUT2D eigenvalue weighted by Gasteiger charge is -2.07. The van der Waals surface area contributed by atoms with Gasteiger partial charge in [-0.25, -0.2) is 4.79 Å². The highest BCUT2D eigenvalue weighted by Gasteiger charge is 2.03. The Morgan fingerprint density at radius 2 is 1.88 bits per heavy atom. The fourth-order valence-corrected chi connectivity index (χ4v) is 1.21. The first kappa shape index (κ1) is 15.7. The molecule has 0 unspecified atom stereocenters. The molecule has 0 aliphatic heterocycles. The van der Waals surface area contributed by atoms with Gasteiger partial charge < -0.3 is 15.4 Å². The first-order valence-electron chi connectivity index (χ1n) is 6.23. The summed E-state index contributed by atoms with van der Waals surface area (Å²) in [6, 6.07) is 0. The molecule has 0 rings (SSSR count). The molecular weight excluding hydrogens is 220 g/mol. The minimum atomic E-state index is -0.423. The number of carbonyl (C=O) groups is 2. The molecule has 0 saturated carbocycles. The van der Waals surface area contributed by atoms with Crippen molar-refractivity contribution in [2.75, 3.05) is 19.7 Å². The normalized spacial score (nSPS) is 10.1. The number of alkyl carbamates (subject to hydrolysis) is 1. The maximum Gasteiger partial charge on any atom is 0.407 e. The van der Waals surface area contributed by atoms with Crippen molar-refractivity contribution in [1.29, 1.82) is 0 Å². The standard InChI is InChI=1S/C12H24N2O3/c1-4-17-12(16)14-8-5-6-11(15)13-9-7-10(2)3/h10H,4-9H2,1-3H3,(H,13,15)(H,14,16). The van der Waals surface area contributed by atoms with Crippen LogP contribution in [-0.4, -0.2) is 31.7 Å². The molecule has 0 aromatic carbocycles. The number of carbonyl (C=O) groups excluding carboxylic acids is 2. The number of rotatable bonds is 8. The van der Waals surface area contributed by atoms with Crippen molar-refractivity contribution in [2.24, 2.45) is 5.92 Å². The summed E-state index contributed by atoms with van der Waals surface area (Å²) in [6.45, 7) is 7.55. The van der Waals surface area contributed by atoms with Crippen molar-refractivity contribution in [2.45, 2.75) is 40.0 Å². The molecule has 5 heteroatoms. The van der Waals surface area contributed by atoms with Crippen LogP contribution in [0.3, 0.4) is 0 Å². The van der Waals surface area contributed by atoms with Crippen LogP contribution >= 0.6 is 0 Å². The van der Waals surface area contributed by atoms with Crippen LogP contribution < -0.4 is 10.6 Å². The number of hydrogen-bond acceptors (Lipinski definition) is 3. The molecular formula is C12H24N2O3. The van der Waals surface area contributed by atoms with Crippen molar-refractivity contribution < 1.29 is 14.3 Å². The Balaban J connectivity index is 3.36. The van der Waals surface area contributed by atoms with Crippen molar-refractivity contribution in [3.63, 3.8) is 0 Å². The summed E-state index contributed by atoms with van der Waals surface area (Å²) in [5.41, 5.74) is 0. The van der Waals surface area contributed by atoms with Gasteiger partial charge in [-0.1, -0.05) is 13.8 Å². The Morgan fingerprint density at radius 1 is 1.18 bits per heavy atom. The highest BCUT2D eigenvalue weighted by molar-refractivity contribution is 5.75. The molecule has 0 spiro atoms. The van der Waals surface area contributed by atoms with Gasteiger partial charge in [0.05, 0.1) is 6.61 Å². The molecule has 0 bridgehead atoms. The lowest BCUT2D eigenvalue weighted by atomic mass is 10.1. The van der Waals surface area contributed by atoms with E-state index in [4.69, 9.17) is 0 Å². The molecule has 100 valence electrons. The van der Waals surface area contributed by atoms with Gasteiger partial charge in [0.25, 0.3) is 0 Å². The minimum Gasteiger partial charge on any atom is -0.450 e. The van der Waals surface area contributed by atoms with Crippen LogP contribution in [0, 0.1) is 5.92 Å². The van der Waals surface area contributed by atoms with Crippen molar-refractivity contribution in [3.05, 3.63) is 0 Å². The molecule has 0 aliphatic rings. The van der Waals surface area contributed by atoms with Gasteiger partial charge >= 0.3 is 6.09 Å². The highest BCUT2D eigenvalue weighted by atomic mass is 16.5. The van der Waals surface area contributed by atoms with E-state index in [1.807, 2.05) is 0 Å². The van der Waals surface area contributed by atoms with Gasteiger partial charge in [-0.2, -0.15) is 0 Å². The van der Waals surface area contributed by atoms with Crippen molar-refractivity contribution in [3.8, 4) is 0 Å². The second-order valence-electron chi connectivity index (χ2n) is 4.28. The molecule has 0 atom stereocenters. The van der Waals surface area contributed by atoms with E-state index in [0.717, 1.165) is 13.0 Å². The lowest BCUT2D eigenvalue weighted by molar-refractivity contribution is -0.121. The van der Waals surface area contributed by atoms with Gasteiger partial charge in [0.2, 0.25) is 5.91 Å². The Kier molecular flexibility index (Phi) is 9.19. The summed E-state index contributed by atoms with van der Waals surface area (Å²) in [7, 11) is 0. The average molecular weight is 244 g/mol. The van der Waals surface area contributed by atoms with Crippen LogP contribution in [0.1, 0.15) is 40.0 Å². The van der Waals surface area contributed by atoms with E-state index in [1.165, 1.54) is 0 Å². The largest absolute Gasteiger partial charge is 0.450 e. The second-order valence-corrected chi connectivity index (χ2v) is 4.28. The van der Waals surface area contributed by atoms with Crippen LogP contribution in [-0.2, 0) is 9.53 Å². The van der Waals surface area contributed by atoms with Crippen LogP contribution in [0.4, 0.5) is 4.79 Å². The molecule has 2 amide bonds. The molecule has 0 radical (unpaired) electrons. The van der Waals surface area contributed by atoms with Gasteiger partial charge in [0.1, 0.15) is 0 Å². The van der Waals surface area contributed by atoms with E-state index in [9.17, 15) is 9.59 Å². The monoisotopic (exact) mass is 244 g/mol. The van der Waals surface area contributed by atoms with E-state index in [2.05, 4.69) is 29.2 Å². The molecule has 17 heavy (non-hydrogen) atoms. The summed E-state index contributed by atoms with van der Waals surface area (Å²) in [5, 5.41) is 5.42. The zero-order chi connectivity index (χ0) is 13.1. The van der Waals surface area contributed by atoms with E-state index < -0.39 is 6.09 Å². The van der Waals surface area contributed by atoms with E-state index in [-0.39, 0.29) is 5.91 Å². The van der Waals surface area contributed by atoms with E-state index >= 15 is 0 Å². The highest BCUT2D eigenvalue weighted by Crippen LogP contribution is 1.96. The fourth-order valence-electron chi connectivity index (χ4n) is 1.21. The van der Waals surface area contributed by atoms with Gasteiger partial charge in [-0.3, -0.25) is 4.79 Å². The zero-order valence-electron chi connectivity index (χ0n) is 11.0. The third-order valence-electron chi connectivity index (χ3n) is 2.17. The fraction of sp³-hybridized carbons (Fsp3) is 0.833. The lowest BCUT2D eigenvalue weighted by Crippen LogP contribution is -2.28. The van der Waals surface area contributed by atoms with E-state index in [0.29, 0.717) is 31.9 Å². The summed E-state index contributed by atoms with van der Waals surface area (Å²) in [6.07, 6.45) is 1.64. The zero-order valence-corrected chi connectivity index (χ0v) is 11.0. The molecule has 5 nitrogen and oxygen atoms in total. The van der Waals surface area contributed by atoms with Crippen molar-refractivity contribution in [1.82, 2.24) is 10.6 Å². The molecule has 0 aromatic rings. The van der Waals surface area contributed by atoms with Gasteiger partial charge in [-0.15, -0.1) is 0 Å². The van der Waals surface area contributed by atoms with Crippen LogP contribution in [0.5, 0.6) is 0 Å². The van der Waals surface area contributed by atoms with Crippen molar-refractivity contribution >= 4 is 12.0 Å². The van der Waals surface area contributed by atoms with Gasteiger partial charge in [-0.05, 0) is 25.7 Å². The van der Waals surface area contributed by atoms with E-state index in [1.54, 1.807) is 6.92 Å². The Labute approximate surface area is 103 Å². The SMILES string of the molecule is CCOC(=O)NCCCC(=O)NCCC(C)C. The number of ether oxygens (including phenoxy) is 1. The third kappa shape index (κ3) is 11.0. The predicted octanol–water partition coefficient (Wildman–Crippen LogP) is 1.67. The predicted molar refractivity (Wildman–Crippen MR) is 66.7 cm³/mol.